The number of rotatable bonds is 6. The summed E-state index contributed by atoms with van der Waals surface area (Å²) in [6.45, 7) is 1.89. The molecule has 0 saturated heterocycles. The third-order valence-corrected chi connectivity index (χ3v) is 4.87. The average molecular weight is 373 g/mol. The summed E-state index contributed by atoms with van der Waals surface area (Å²) in [5.74, 6) is -0.412. The summed E-state index contributed by atoms with van der Waals surface area (Å²) in [5, 5.41) is 0.614. The third-order valence-electron chi connectivity index (χ3n) is 3.00. The van der Waals surface area contributed by atoms with E-state index in [-0.39, 0.29) is 27.7 Å². The highest BCUT2D eigenvalue weighted by molar-refractivity contribution is 7.86. The molecule has 4 nitrogen and oxygen atoms in total. The molecule has 0 heterocycles. The lowest BCUT2D eigenvalue weighted by atomic mass is 10.0. The molecule has 0 amide bonds. The van der Waals surface area contributed by atoms with Crippen LogP contribution in [0.15, 0.2) is 47.4 Å². The molecule has 2 rings (SSSR count). The van der Waals surface area contributed by atoms with Crippen LogP contribution in [-0.2, 0) is 14.3 Å². The van der Waals surface area contributed by atoms with Gasteiger partial charge in [-0.25, -0.2) is 0 Å². The van der Waals surface area contributed by atoms with Gasteiger partial charge in [-0.15, -0.1) is 0 Å². The van der Waals surface area contributed by atoms with E-state index in [0.717, 1.165) is 0 Å². The quantitative estimate of drug-likeness (QED) is 0.558. The molecule has 0 spiro atoms. The van der Waals surface area contributed by atoms with Crippen LogP contribution in [0.4, 0.5) is 0 Å². The summed E-state index contributed by atoms with van der Waals surface area (Å²) < 4.78 is 28.9. The van der Waals surface area contributed by atoms with E-state index in [1.165, 1.54) is 36.4 Å². The van der Waals surface area contributed by atoms with Gasteiger partial charge < -0.3 is 0 Å². The van der Waals surface area contributed by atoms with Gasteiger partial charge in [-0.05, 0) is 36.8 Å². The molecule has 0 unspecified atom stereocenters. The third kappa shape index (κ3) is 4.32. The van der Waals surface area contributed by atoms with E-state index >= 15 is 0 Å². The minimum Gasteiger partial charge on any atom is -0.289 e. The topological polar surface area (TPSA) is 60.4 Å². The lowest BCUT2D eigenvalue weighted by molar-refractivity contribution is 0.103. The van der Waals surface area contributed by atoms with Gasteiger partial charge in [-0.1, -0.05) is 42.3 Å². The van der Waals surface area contributed by atoms with Gasteiger partial charge in [-0.2, -0.15) is 8.42 Å². The maximum Gasteiger partial charge on any atom is 0.296 e. The van der Waals surface area contributed by atoms with Crippen LogP contribution in [0.25, 0.3) is 0 Å². The molecule has 2 aromatic rings. The minimum atomic E-state index is -3.89. The van der Waals surface area contributed by atoms with Crippen molar-refractivity contribution >= 4 is 39.1 Å². The second-order valence-electron chi connectivity index (χ2n) is 4.76. The highest BCUT2D eigenvalue weighted by atomic mass is 35.5. The standard InChI is InChI=1S/C16H14Cl2O4S/c1-2-8-22-23(20,21)13-5-3-4-11(9-13)16(19)14-10-12(17)6-7-15(14)18/h3-7,9-10H,2,8H2,1H3. The van der Waals surface area contributed by atoms with Gasteiger partial charge in [0, 0.05) is 16.1 Å². The molecule has 0 fully saturated rings. The Bertz CT molecular complexity index is 832. The Labute approximate surface area is 145 Å². The Kier molecular flexibility index (Phi) is 5.81. The molecule has 0 aliphatic rings. The number of benzene rings is 2. The van der Waals surface area contributed by atoms with Crippen molar-refractivity contribution in [2.75, 3.05) is 6.61 Å². The maximum absolute atomic E-state index is 12.5. The molecule has 0 aliphatic carbocycles. The summed E-state index contributed by atoms with van der Waals surface area (Å²) in [7, 11) is -3.89. The van der Waals surface area contributed by atoms with Gasteiger partial charge in [0.2, 0.25) is 0 Å². The molecule has 0 aliphatic heterocycles. The number of hydrogen-bond acceptors (Lipinski definition) is 4. The maximum atomic E-state index is 12.5. The molecule has 0 saturated carbocycles. The Hall–Kier alpha value is -1.40. The van der Waals surface area contributed by atoms with Gasteiger partial charge in [-0.3, -0.25) is 8.98 Å². The summed E-state index contributed by atoms with van der Waals surface area (Å²) in [6, 6.07) is 10.2. The summed E-state index contributed by atoms with van der Waals surface area (Å²) >= 11 is 11.9. The molecule has 0 atom stereocenters. The number of halogens is 2. The summed E-state index contributed by atoms with van der Waals surface area (Å²) in [6.07, 6.45) is 0.565. The Morgan fingerprint density at radius 1 is 1.13 bits per heavy atom. The van der Waals surface area contributed by atoms with Gasteiger partial charge >= 0.3 is 0 Å². The highest BCUT2D eigenvalue weighted by Gasteiger charge is 2.19. The molecule has 0 radical (unpaired) electrons. The number of ketones is 1. The minimum absolute atomic E-state index is 0.0741. The fourth-order valence-corrected chi connectivity index (χ4v) is 3.30. The zero-order chi connectivity index (χ0) is 17.0. The summed E-state index contributed by atoms with van der Waals surface area (Å²) in [4.78, 5) is 12.5. The molecule has 23 heavy (non-hydrogen) atoms. The molecule has 0 aromatic heterocycles. The van der Waals surface area contributed by atoms with Crippen LogP contribution < -0.4 is 0 Å². The first-order valence-electron chi connectivity index (χ1n) is 6.84. The van der Waals surface area contributed by atoms with Crippen molar-refractivity contribution in [1.29, 1.82) is 0 Å². The SMILES string of the molecule is CCCOS(=O)(=O)c1cccc(C(=O)c2cc(Cl)ccc2Cl)c1. The number of hydrogen-bond donors (Lipinski definition) is 0. The van der Waals surface area contributed by atoms with Gasteiger partial charge in [0.15, 0.2) is 5.78 Å². The van der Waals surface area contributed by atoms with Crippen molar-refractivity contribution in [3.63, 3.8) is 0 Å². The van der Waals surface area contributed by atoms with Crippen LogP contribution in [-0.4, -0.2) is 20.8 Å². The molecule has 0 N–H and O–H groups in total. The van der Waals surface area contributed by atoms with E-state index < -0.39 is 15.9 Å². The summed E-state index contributed by atoms with van der Waals surface area (Å²) in [5.41, 5.74) is 0.401. The molecule has 0 bridgehead atoms. The fourth-order valence-electron chi connectivity index (χ4n) is 1.88. The predicted molar refractivity (Wildman–Crippen MR) is 89.8 cm³/mol. The second-order valence-corrected chi connectivity index (χ2v) is 7.22. The Morgan fingerprint density at radius 3 is 2.57 bits per heavy atom. The first-order chi connectivity index (χ1) is 10.8. The normalized spacial score (nSPS) is 11.4. The molecule has 7 heteroatoms. The van der Waals surface area contributed by atoms with Crippen molar-refractivity contribution < 1.29 is 17.4 Å². The van der Waals surface area contributed by atoms with Crippen molar-refractivity contribution in [1.82, 2.24) is 0 Å². The van der Waals surface area contributed by atoms with E-state index in [2.05, 4.69) is 0 Å². The van der Waals surface area contributed by atoms with Gasteiger partial charge in [0.05, 0.1) is 16.5 Å². The molecule has 2 aromatic carbocycles. The number of carbonyl (C=O) groups excluding carboxylic acids is 1. The lowest BCUT2D eigenvalue weighted by Gasteiger charge is -2.08. The second kappa shape index (κ2) is 7.45. The monoisotopic (exact) mass is 372 g/mol. The van der Waals surface area contributed by atoms with E-state index in [4.69, 9.17) is 27.4 Å². The zero-order valence-corrected chi connectivity index (χ0v) is 14.6. The van der Waals surface area contributed by atoms with Crippen molar-refractivity contribution in [3.8, 4) is 0 Å². The Morgan fingerprint density at radius 2 is 1.87 bits per heavy atom. The molecular weight excluding hydrogens is 359 g/mol. The lowest BCUT2D eigenvalue weighted by Crippen LogP contribution is -2.09. The zero-order valence-electron chi connectivity index (χ0n) is 12.3. The van der Waals surface area contributed by atoms with E-state index in [9.17, 15) is 13.2 Å². The van der Waals surface area contributed by atoms with E-state index in [0.29, 0.717) is 11.4 Å². The largest absolute Gasteiger partial charge is 0.296 e. The average Bonchev–Trinajstić information content (AvgIpc) is 2.54. The van der Waals surface area contributed by atoms with Gasteiger partial charge in [0.1, 0.15) is 0 Å². The first kappa shape index (κ1) is 17.9. The predicted octanol–water partition coefficient (Wildman–Crippen LogP) is 4.34. The van der Waals surface area contributed by atoms with E-state index in [1.807, 2.05) is 0 Å². The van der Waals surface area contributed by atoms with Crippen molar-refractivity contribution in [2.24, 2.45) is 0 Å². The van der Waals surface area contributed by atoms with Crippen molar-refractivity contribution in [2.45, 2.75) is 18.2 Å². The Balaban J connectivity index is 2.40. The first-order valence-corrected chi connectivity index (χ1v) is 9.01. The van der Waals surface area contributed by atoms with E-state index in [1.54, 1.807) is 13.0 Å². The molecule has 122 valence electrons. The van der Waals surface area contributed by atoms with Crippen LogP contribution in [0.2, 0.25) is 10.0 Å². The number of carbonyl (C=O) groups is 1. The van der Waals surface area contributed by atoms with Gasteiger partial charge in [0.25, 0.3) is 10.1 Å². The highest BCUT2D eigenvalue weighted by Crippen LogP contribution is 2.24. The molecular formula is C16H14Cl2O4S. The van der Waals surface area contributed by atoms with Crippen LogP contribution in [0, 0.1) is 0 Å². The van der Waals surface area contributed by atoms with Crippen LogP contribution in [0.3, 0.4) is 0 Å². The van der Waals surface area contributed by atoms with Crippen LogP contribution in [0.5, 0.6) is 0 Å². The van der Waals surface area contributed by atoms with Crippen LogP contribution in [0.1, 0.15) is 29.3 Å². The van der Waals surface area contributed by atoms with Crippen LogP contribution >= 0.6 is 23.2 Å². The fraction of sp³-hybridized carbons (Fsp3) is 0.188. The smallest absolute Gasteiger partial charge is 0.289 e. The van der Waals surface area contributed by atoms with Crippen molar-refractivity contribution in [3.05, 3.63) is 63.6 Å².